The molecule has 156 valence electrons. The van der Waals surface area contributed by atoms with E-state index in [2.05, 4.69) is 25.0 Å². The third-order valence-electron chi connectivity index (χ3n) is 6.55. The van der Waals surface area contributed by atoms with Crippen LogP contribution in [-0.2, 0) is 11.8 Å². The van der Waals surface area contributed by atoms with Gasteiger partial charge < -0.3 is 14.8 Å². The number of nitrogens with zero attached hydrogens (tertiary/aromatic N) is 6. The number of amides is 1. The maximum Gasteiger partial charge on any atom is 0.260 e. The van der Waals surface area contributed by atoms with Gasteiger partial charge in [-0.15, -0.1) is 0 Å². The van der Waals surface area contributed by atoms with Crippen LogP contribution >= 0.6 is 0 Å². The molecule has 6 rings (SSSR count). The van der Waals surface area contributed by atoms with Gasteiger partial charge in [-0.2, -0.15) is 5.10 Å². The summed E-state index contributed by atoms with van der Waals surface area (Å²) in [6, 6.07) is 1.88. The van der Waals surface area contributed by atoms with Crippen LogP contribution in [0.2, 0.25) is 0 Å². The summed E-state index contributed by atoms with van der Waals surface area (Å²) in [4.78, 5) is 29.0. The summed E-state index contributed by atoms with van der Waals surface area (Å²) in [5, 5.41) is 4.19. The molecule has 30 heavy (non-hydrogen) atoms. The van der Waals surface area contributed by atoms with E-state index in [1.807, 2.05) is 19.3 Å². The number of rotatable bonds is 3. The highest BCUT2D eigenvalue weighted by Gasteiger charge is 2.64. The second-order valence-corrected chi connectivity index (χ2v) is 8.57. The van der Waals surface area contributed by atoms with Gasteiger partial charge in [0.25, 0.3) is 5.92 Å². The molecule has 3 fully saturated rings. The van der Waals surface area contributed by atoms with E-state index >= 15 is 0 Å². The summed E-state index contributed by atoms with van der Waals surface area (Å²) < 4.78 is 28.6. The van der Waals surface area contributed by atoms with Gasteiger partial charge in [-0.05, 0) is 18.9 Å². The van der Waals surface area contributed by atoms with Crippen molar-refractivity contribution in [1.29, 1.82) is 0 Å². The van der Waals surface area contributed by atoms with Crippen LogP contribution in [-0.4, -0.2) is 66.6 Å². The van der Waals surface area contributed by atoms with E-state index in [9.17, 15) is 13.6 Å². The molecule has 3 atom stereocenters. The summed E-state index contributed by atoms with van der Waals surface area (Å²) >= 11 is 0. The number of fused-ring (bicyclic) bond motifs is 3. The fourth-order valence-corrected chi connectivity index (χ4v) is 4.96. The molecule has 10 heteroatoms. The van der Waals surface area contributed by atoms with E-state index in [4.69, 9.17) is 0 Å². The summed E-state index contributed by atoms with van der Waals surface area (Å²) in [7, 11) is 1.85. The fraction of sp³-hybridized carbons (Fsp3) is 0.500. The fourth-order valence-electron chi connectivity index (χ4n) is 4.96. The van der Waals surface area contributed by atoms with Crippen molar-refractivity contribution in [1.82, 2.24) is 29.6 Å². The number of aryl methyl sites for hydroxylation is 1. The molecule has 5 heterocycles. The van der Waals surface area contributed by atoms with Gasteiger partial charge in [0.1, 0.15) is 17.3 Å². The van der Waals surface area contributed by atoms with E-state index in [1.165, 1.54) is 0 Å². The quantitative estimate of drug-likeness (QED) is 0.712. The van der Waals surface area contributed by atoms with Gasteiger partial charge in [0.15, 0.2) is 5.65 Å². The number of carbonyl (C=O) groups excluding carboxylic acids is 1. The first kappa shape index (κ1) is 17.8. The zero-order valence-corrected chi connectivity index (χ0v) is 16.4. The van der Waals surface area contributed by atoms with Crippen molar-refractivity contribution in [2.24, 2.45) is 13.0 Å². The number of H-pyrrole nitrogens is 1. The maximum atomic E-state index is 13.5. The number of hydrogen-bond acceptors (Lipinski definition) is 5. The molecule has 3 unspecified atom stereocenters. The molecular weight excluding hydrogens is 392 g/mol. The Kier molecular flexibility index (Phi) is 3.55. The minimum Gasteiger partial charge on any atom is -0.366 e. The Bertz CT molecular complexity index is 1140. The van der Waals surface area contributed by atoms with Crippen molar-refractivity contribution in [3.8, 4) is 11.4 Å². The number of alkyl halides is 2. The van der Waals surface area contributed by atoms with Gasteiger partial charge in [-0.25, -0.2) is 18.7 Å². The zero-order chi connectivity index (χ0) is 20.6. The van der Waals surface area contributed by atoms with Gasteiger partial charge in [0.2, 0.25) is 5.91 Å². The standard InChI is InChI=1S/C20H21F2N7O/c1-27-8-11(7-24-27)17-25-16-15(4-5-23-18(16)26-17)28-9-12-2-3-13(10-28)29(12)19(30)14-6-20(14,21)22/h4-5,7-8,12-14H,2-3,6,9-10H2,1H3,(H,23,25,26). The van der Waals surface area contributed by atoms with Crippen LogP contribution in [0, 0.1) is 5.92 Å². The molecule has 1 amide bonds. The van der Waals surface area contributed by atoms with Crippen molar-refractivity contribution in [3.05, 3.63) is 24.7 Å². The summed E-state index contributed by atoms with van der Waals surface area (Å²) in [5.41, 5.74) is 3.31. The molecule has 0 radical (unpaired) electrons. The van der Waals surface area contributed by atoms with Gasteiger partial charge in [0.05, 0.1) is 17.4 Å². The minimum atomic E-state index is -2.82. The summed E-state index contributed by atoms with van der Waals surface area (Å²) in [6.45, 7) is 1.25. The number of pyridine rings is 1. The molecule has 1 aliphatic carbocycles. The van der Waals surface area contributed by atoms with E-state index < -0.39 is 11.8 Å². The van der Waals surface area contributed by atoms with E-state index in [1.54, 1.807) is 22.0 Å². The predicted molar refractivity (Wildman–Crippen MR) is 105 cm³/mol. The highest BCUT2D eigenvalue weighted by atomic mass is 19.3. The second-order valence-electron chi connectivity index (χ2n) is 8.57. The Morgan fingerprint density at radius 3 is 2.63 bits per heavy atom. The monoisotopic (exact) mass is 413 g/mol. The lowest BCUT2D eigenvalue weighted by Crippen LogP contribution is -2.56. The van der Waals surface area contributed by atoms with Gasteiger partial charge >= 0.3 is 0 Å². The Morgan fingerprint density at radius 1 is 1.27 bits per heavy atom. The van der Waals surface area contributed by atoms with Crippen molar-refractivity contribution < 1.29 is 13.6 Å². The van der Waals surface area contributed by atoms with Crippen molar-refractivity contribution in [2.75, 3.05) is 18.0 Å². The van der Waals surface area contributed by atoms with Gasteiger partial charge in [0, 0.05) is 51.0 Å². The molecule has 1 N–H and O–H groups in total. The minimum absolute atomic E-state index is 0.0309. The largest absolute Gasteiger partial charge is 0.366 e. The molecule has 3 aromatic heterocycles. The Balaban J connectivity index is 1.29. The Hall–Kier alpha value is -3.04. The first-order valence-electron chi connectivity index (χ1n) is 10.2. The van der Waals surface area contributed by atoms with Crippen LogP contribution in [0.1, 0.15) is 19.3 Å². The number of carbonyl (C=O) groups is 1. The molecule has 2 aliphatic heterocycles. The number of hydrogen-bond donors (Lipinski definition) is 1. The van der Waals surface area contributed by atoms with E-state index in [0.29, 0.717) is 24.6 Å². The number of nitrogens with one attached hydrogen (secondary N) is 1. The topological polar surface area (TPSA) is 82.9 Å². The normalized spacial score (nSPS) is 27.1. The maximum absolute atomic E-state index is 13.5. The summed E-state index contributed by atoms with van der Waals surface area (Å²) in [6.07, 6.45) is 6.76. The van der Waals surface area contributed by atoms with Crippen LogP contribution in [0.3, 0.4) is 0 Å². The van der Waals surface area contributed by atoms with Gasteiger partial charge in [-0.3, -0.25) is 9.48 Å². The van der Waals surface area contributed by atoms with Crippen LogP contribution in [0.4, 0.5) is 14.5 Å². The third kappa shape index (κ3) is 2.62. The molecule has 8 nitrogen and oxygen atoms in total. The van der Waals surface area contributed by atoms with Crippen molar-refractivity contribution in [3.63, 3.8) is 0 Å². The number of imidazole rings is 1. The second kappa shape index (κ2) is 5.99. The third-order valence-corrected chi connectivity index (χ3v) is 6.55. The van der Waals surface area contributed by atoms with Gasteiger partial charge in [-0.1, -0.05) is 0 Å². The molecule has 2 bridgehead atoms. The number of aromatic nitrogens is 5. The van der Waals surface area contributed by atoms with Crippen LogP contribution in [0.25, 0.3) is 22.6 Å². The smallest absolute Gasteiger partial charge is 0.260 e. The lowest BCUT2D eigenvalue weighted by atomic mass is 10.1. The SMILES string of the molecule is Cn1cc(-c2nc3nccc(N4CC5CCC(C4)N5C(=O)C4CC4(F)F)c3[nH]2)cn1. The van der Waals surface area contributed by atoms with E-state index in [-0.39, 0.29) is 24.4 Å². The Labute approximate surface area is 170 Å². The molecular formula is C20H21F2N7O. The van der Waals surface area contributed by atoms with Crippen molar-refractivity contribution in [2.45, 2.75) is 37.3 Å². The average molecular weight is 413 g/mol. The number of piperazine rings is 1. The average Bonchev–Trinajstić information content (AvgIpc) is 3.09. The number of halogens is 2. The zero-order valence-electron chi connectivity index (χ0n) is 16.4. The predicted octanol–water partition coefficient (Wildman–Crippen LogP) is 2.19. The van der Waals surface area contributed by atoms with E-state index in [0.717, 1.165) is 29.6 Å². The molecule has 3 aromatic rings. The highest BCUT2D eigenvalue weighted by Crippen LogP contribution is 2.51. The molecule has 1 saturated carbocycles. The molecule has 0 aromatic carbocycles. The first-order chi connectivity index (χ1) is 14.4. The molecule has 0 spiro atoms. The van der Waals surface area contributed by atoms with Crippen LogP contribution in [0.5, 0.6) is 0 Å². The Morgan fingerprint density at radius 2 is 2.00 bits per heavy atom. The van der Waals surface area contributed by atoms with Crippen LogP contribution in [0.15, 0.2) is 24.7 Å². The lowest BCUT2D eigenvalue weighted by Gasteiger charge is -2.42. The lowest BCUT2D eigenvalue weighted by molar-refractivity contribution is -0.138. The molecule has 3 aliphatic rings. The highest BCUT2D eigenvalue weighted by molar-refractivity contribution is 5.89. The number of aromatic amines is 1. The summed E-state index contributed by atoms with van der Waals surface area (Å²) in [5.74, 6) is -3.60. The molecule has 2 saturated heterocycles. The van der Waals surface area contributed by atoms with Crippen molar-refractivity contribution >= 4 is 22.8 Å². The first-order valence-corrected chi connectivity index (χ1v) is 10.2. The van der Waals surface area contributed by atoms with Crippen LogP contribution < -0.4 is 4.90 Å². The number of anilines is 1.